The average molecular weight is 463 g/mol. The third-order valence-electron chi connectivity index (χ3n) is 6.73. The molecule has 2 aliphatic carbocycles. The predicted octanol–water partition coefficient (Wildman–Crippen LogP) is 4.17. The fourth-order valence-electron chi connectivity index (χ4n) is 4.77. The van der Waals surface area contributed by atoms with Crippen LogP contribution in [-0.2, 0) is 16.1 Å². The summed E-state index contributed by atoms with van der Waals surface area (Å²) in [4.78, 5) is 17.3. The van der Waals surface area contributed by atoms with Crippen molar-refractivity contribution in [1.82, 2.24) is 9.88 Å². The standard InChI is InChI=1S/C24H31FN2O6/c1-27(17-6-2-3-7-17)24(30)31-13-21-22(26-14-32-21)15-9-10-20(19(25)12-15)33-18-8-4-5-16(11-18)23(28)29/h9-10,12,14,16-18,24,30H,2-8,11,13H2,1H3,(H,28,29)/t16-,18-,24?/m0/s1. The number of aliphatic hydroxyl groups excluding tert-OH is 1. The van der Waals surface area contributed by atoms with Crippen molar-refractivity contribution in [3.8, 4) is 17.0 Å². The summed E-state index contributed by atoms with van der Waals surface area (Å²) in [5, 5.41) is 19.6. The Balaban J connectivity index is 1.38. The highest BCUT2D eigenvalue weighted by Gasteiger charge is 2.29. The Bertz CT molecular complexity index is 945. The summed E-state index contributed by atoms with van der Waals surface area (Å²) in [6.45, 7) is -0.00786. The van der Waals surface area contributed by atoms with Crippen LogP contribution in [0.15, 0.2) is 29.0 Å². The molecule has 2 aliphatic rings. The van der Waals surface area contributed by atoms with Gasteiger partial charge in [0, 0.05) is 11.6 Å². The first-order valence-corrected chi connectivity index (χ1v) is 11.6. The number of oxazole rings is 1. The maximum absolute atomic E-state index is 14.8. The molecule has 2 saturated carbocycles. The van der Waals surface area contributed by atoms with Gasteiger partial charge in [-0.2, -0.15) is 0 Å². The van der Waals surface area contributed by atoms with Gasteiger partial charge >= 0.3 is 5.97 Å². The Morgan fingerprint density at radius 2 is 2.06 bits per heavy atom. The van der Waals surface area contributed by atoms with Crippen molar-refractivity contribution >= 4 is 5.97 Å². The monoisotopic (exact) mass is 462 g/mol. The van der Waals surface area contributed by atoms with Gasteiger partial charge in [0.2, 0.25) is 6.41 Å². The molecule has 1 aromatic carbocycles. The maximum Gasteiger partial charge on any atom is 0.306 e. The molecule has 180 valence electrons. The van der Waals surface area contributed by atoms with Crippen molar-refractivity contribution in [3.05, 3.63) is 36.2 Å². The molecule has 2 fully saturated rings. The number of carbonyl (C=O) groups is 1. The zero-order chi connectivity index (χ0) is 23.4. The van der Waals surface area contributed by atoms with Gasteiger partial charge in [0.1, 0.15) is 12.3 Å². The van der Waals surface area contributed by atoms with E-state index in [1.54, 1.807) is 6.07 Å². The molecule has 2 aromatic rings. The Labute approximate surface area is 192 Å². The summed E-state index contributed by atoms with van der Waals surface area (Å²) in [5.41, 5.74) is 0.928. The van der Waals surface area contributed by atoms with Crippen molar-refractivity contribution in [3.63, 3.8) is 0 Å². The van der Waals surface area contributed by atoms with Crippen LogP contribution in [-0.4, -0.2) is 51.7 Å². The molecule has 8 nitrogen and oxygen atoms in total. The minimum absolute atomic E-state index is 0.00786. The first-order valence-electron chi connectivity index (χ1n) is 11.6. The summed E-state index contributed by atoms with van der Waals surface area (Å²) in [6, 6.07) is 4.82. The van der Waals surface area contributed by atoms with E-state index in [0.717, 1.165) is 32.1 Å². The number of aliphatic hydroxyl groups is 1. The molecule has 0 saturated heterocycles. The van der Waals surface area contributed by atoms with Crippen LogP contribution in [0.1, 0.15) is 57.1 Å². The number of benzene rings is 1. The smallest absolute Gasteiger partial charge is 0.306 e. The van der Waals surface area contributed by atoms with Crippen LogP contribution in [0.4, 0.5) is 4.39 Å². The molecule has 1 unspecified atom stereocenters. The molecule has 0 bridgehead atoms. The summed E-state index contributed by atoms with van der Waals surface area (Å²) in [6.07, 6.45) is 6.69. The van der Waals surface area contributed by atoms with E-state index in [1.807, 2.05) is 11.9 Å². The highest BCUT2D eigenvalue weighted by atomic mass is 19.1. The highest BCUT2D eigenvalue weighted by Crippen LogP contribution is 2.32. The Morgan fingerprint density at radius 3 is 2.79 bits per heavy atom. The third-order valence-corrected chi connectivity index (χ3v) is 6.73. The van der Waals surface area contributed by atoms with Crippen LogP contribution < -0.4 is 4.74 Å². The zero-order valence-electron chi connectivity index (χ0n) is 18.8. The molecule has 3 atom stereocenters. The molecule has 9 heteroatoms. The van der Waals surface area contributed by atoms with Crippen molar-refractivity contribution < 1.29 is 33.3 Å². The number of ether oxygens (including phenoxy) is 2. The zero-order valence-corrected chi connectivity index (χ0v) is 18.8. The van der Waals surface area contributed by atoms with Crippen molar-refractivity contribution in [1.29, 1.82) is 0 Å². The van der Waals surface area contributed by atoms with Gasteiger partial charge in [0.15, 0.2) is 23.7 Å². The topological polar surface area (TPSA) is 105 Å². The molecule has 4 rings (SSSR count). The van der Waals surface area contributed by atoms with Crippen LogP contribution in [0, 0.1) is 11.7 Å². The first kappa shape index (κ1) is 23.7. The van der Waals surface area contributed by atoms with Gasteiger partial charge in [0.05, 0.1) is 12.0 Å². The van der Waals surface area contributed by atoms with Crippen molar-refractivity contribution in [2.75, 3.05) is 7.05 Å². The number of aromatic nitrogens is 1. The molecular formula is C24H31FN2O6. The van der Waals surface area contributed by atoms with Crippen LogP contribution in [0.5, 0.6) is 5.75 Å². The minimum atomic E-state index is -1.07. The molecular weight excluding hydrogens is 431 g/mol. The SMILES string of the molecule is CN(C1CCCC1)C(O)OCc1ocnc1-c1ccc(O[C@H]2CCC[C@H](C(=O)O)C2)c(F)c1. The second kappa shape index (κ2) is 10.6. The van der Waals surface area contributed by atoms with Gasteiger partial charge < -0.3 is 24.1 Å². The normalized spacial score (nSPS) is 22.5. The molecule has 2 N–H and O–H groups in total. The second-order valence-corrected chi connectivity index (χ2v) is 8.95. The van der Waals surface area contributed by atoms with Crippen LogP contribution in [0.25, 0.3) is 11.3 Å². The molecule has 0 aliphatic heterocycles. The maximum atomic E-state index is 14.8. The average Bonchev–Trinajstić information content (AvgIpc) is 3.51. The van der Waals surface area contributed by atoms with Gasteiger partial charge in [-0.1, -0.05) is 12.8 Å². The number of nitrogens with zero attached hydrogens (tertiary/aromatic N) is 2. The van der Waals surface area contributed by atoms with E-state index >= 15 is 0 Å². The van der Waals surface area contributed by atoms with E-state index in [-0.39, 0.29) is 18.5 Å². The van der Waals surface area contributed by atoms with E-state index in [0.29, 0.717) is 42.3 Å². The summed E-state index contributed by atoms with van der Waals surface area (Å²) in [7, 11) is 1.83. The van der Waals surface area contributed by atoms with Crippen LogP contribution in [0.2, 0.25) is 0 Å². The molecule has 1 aromatic heterocycles. The Morgan fingerprint density at radius 1 is 1.27 bits per heavy atom. The Kier molecular flexibility index (Phi) is 7.62. The molecule has 0 spiro atoms. The number of rotatable bonds is 9. The summed E-state index contributed by atoms with van der Waals surface area (Å²) >= 11 is 0. The van der Waals surface area contributed by atoms with Gasteiger partial charge in [-0.15, -0.1) is 0 Å². The molecule has 1 heterocycles. The minimum Gasteiger partial charge on any atom is -0.487 e. The number of carboxylic acids is 1. The number of carboxylic acid groups (broad SMARTS) is 1. The lowest BCUT2D eigenvalue weighted by atomic mass is 9.87. The number of hydrogen-bond acceptors (Lipinski definition) is 7. The largest absolute Gasteiger partial charge is 0.487 e. The quantitative estimate of drug-likeness (QED) is 0.535. The van der Waals surface area contributed by atoms with Crippen molar-refractivity contribution in [2.45, 2.75) is 76.5 Å². The third kappa shape index (κ3) is 5.72. The molecule has 0 amide bonds. The predicted molar refractivity (Wildman–Crippen MR) is 117 cm³/mol. The first-order chi connectivity index (χ1) is 15.9. The van der Waals surface area contributed by atoms with E-state index in [4.69, 9.17) is 13.9 Å². The Hall–Kier alpha value is -2.49. The number of halogens is 1. The molecule has 0 radical (unpaired) electrons. The number of hydrogen-bond donors (Lipinski definition) is 2. The highest BCUT2D eigenvalue weighted by molar-refractivity contribution is 5.70. The van der Waals surface area contributed by atoms with E-state index < -0.39 is 24.1 Å². The van der Waals surface area contributed by atoms with Crippen LogP contribution >= 0.6 is 0 Å². The lowest BCUT2D eigenvalue weighted by molar-refractivity contribution is -0.205. The van der Waals surface area contributed by atoms with Gasteiger partial charge in [0.25, 0.3) is 0 Å². The van der Waals surface area contributed by atoms with Gasteiger partial charge in [-0.05, 0) is 63.8 Å². The fourth-order valence-corrected chi connectivity index (χ4v) is 4.77. The van der Waals surface area contributed by atoms with E-state index in [2.05, 4.69) is 4.98 Å². The second-order valence-electron chi connectivity index (χ2n) is 8.95. The van der Waals surface area contributed by atoms with E-state index in [9.17, 15) is 19.4 Å². The van der Waals surface area contributed by atoms with Crippen molar-refractivity contribution in [2.24, 2.45) is 5.92 Å². The summed E-state index contributed by atoms with van der Waals surface area (Å²) in [5.74, 6) is -1.37. The molecule has 33 heavy (non-hydrogen) atoms. The lowest BCUT2D eigenvalue weighted by Crippen LogP contribution is -2.40. The summed E-state index contributed by atoms with van der Waals surface area (Å²) < 4.78 is 31.6. The van der Waals surface area contributed by atoms with Gasteiger partial charge in [-0.3, -0.25) is 9.69 Å². The fraction of sp³-hybridized carbons (Fsp3) is 0.583. The number of aliphatic carboxylic acids is 1. The van der Waals surface area contributed by atoms with Crippen LogP contribution in [0.3, 0.4) is 0 Å². The lowest BCUT2D eigenvalue weighted by Gasteiger charge is -2.28. The van der Waals surface area contributed by atoms with E-state index in [1.165, 1.54) is 18.5 Å². The van der Waals surface area contributed by atoms with Gasteiger partial charge in [-0.25, -0.2) is 9.37 Å².